The van der Waals surface area contributed by atoms with Gasteiger partial charge in [0.1, 0.15) is 0 Å². The zero-order valence-electron chi connectivity index (χ0n) is 14.7. The van der Waals surface area contributed by atoms with Gasteiger partial charge in [-0.05, 0) is 29.8 Å². The second-order valence-electron chi connectivity index (χ2n) is 5.66. The van der Waals surface area contributed by atoms with Crippen molar-refractivity contribution in [1.82, 2.24) is 5.32 Å². The molecular weight excluding hydrogens is 360 g/mol. The van der Waals surface area contributed by atoms with E-state index in [9.17, 15) is 18.4 Å². The number of carboxylic acids is 1. The molecule has 0 saturated heterocycles. The number of amides is 1. The predicted molar refractivity (Wildman–Crippen MR) is 93.4 cm³/mol. The summed E-state index contributed by atoms with van der Waals surface area (Å²) in [6, 6.07) is 8.88. The number of aliphatic carboxylic acids is 1. The molecule has 2 aromatic carbocycles. The van der Waals surface area contributed by atoms with Crippen molar-refractivity contribution in [2.45, 2.75) is 18.9 Å². The van der Waals surface area contributed by atoms with Crippen LogP contribution >= 0.6 is 0 Å². The molecule has 0 aliphatic carbocycles. The second kappa shape index (κ2) is 8.98. The highest BCUT2D eigenvalue weighted by Gasteiger charge is 2.21. The summed E-state index contributed by atoms with van der Waals surface area (Å²) in [6.07, 6.45) is -3.10. The molecule has 0 radical (unpaired) electrons. The standard InChI is InChI=1S/C19H19F2NO5/c1-26-15-7-6-11(9-16(15)27-2)14(10-17(23)24)22-19(25)13-5-3-4-12(8-13)18(20)21/h3-9,14,18H,10H2,1-2H3,(H,22,25)(H,23,24). The molecule has 0 saturated carbocycles. The minimum atomic E-state index is -2.71. The highest BCUT2D eigenvalue weighted by Crippen LogP contribution is 2.31. The Balaban J connectivity index is 2.30. The predicted octanol–water partition coefficient (Wildman–Crippen LogP) is 3.59. The van der Waals surface area contributed by atoms with Gasteiger partial charge in [-0.15, -0.1) is 0 Å². The summed E-state index contributed by atoms with van der Waals surface area (Å²) in [5.74, 6) is -0.958. The van der Waals surface area contributed by atoms with Crippen molar-refractivity contribution in [3.63, 3.8) is 0 Å². The number of benzene rings is 2. The van der Waals surface area contributed by atoms with Gasteiger partial charge in [-0.25, -0.2) is 8.78 Å². The number of hydrogen-bond acceptors (Lipinski definition) is 4. The first kappa shape index (κ1) is 20.2. The summed E-state index contributed by atoms with van der Waals surface area (Å²) in [6.45, 7) is 0. The molecule has 1 amide bonds. The number of rotatable bonds is 8. The number of carbonyl (C=O) groups excluding carboxylic acids is 1. The van der Waals surface area contributed by atoms with Crippen LogP contribution in [-0.2, 0) is 4.79 Å². The van der Waals surface area contributed by atoms with Crippen LogP contribution in [0.4, 0.5) is 8.78 Å². The molecule has 0 aliphatic rings. The molecule has 1 atom stereocenters. The summed E-state index contributed by atoms with van der Waals surface area (Å²) in [5.41, 5.74) is 0.209. The summed E-state index contributed by atoms with van der Waals surface area (Å²) in [5, 5.41) is 11.7. The summed E-state index contributed by atoms with van der Waals surface area (Å²) in [7, 11) is 2.90. The van der Waals surface area contributed by atoms with Gasteiger partial charge in [0, 0.05) is 11.1 Å². The Morgan fingerprint density at radius 2 is 1.74 bits per heavy atom. The minimum Gasteiger partial charge on any atom is -0.493 e. The monoisotopic (exact) mass is 379 g/mol. The Morgan fingerprint density at radius 1 is 1.04 bits per heavy atom. The van der Waals surface area contributed by atoms with Gasteiger partial charge in [0.2, 0.25) is 0 Å². The number of ether oxygens (including phenoxy) is 2. The number of carbonyl (C=O) groups is 2. The Kier molecular flexibility index (Phi) is 6.70. The van der Waals surface area contributed by atoms with Crippen LogP contribution in [0.2, 0.25) is 0 Å². The van der Waals surface area contributed by atoms with Gasteiger partial charge < -0.3 is 19.9 Å². The van der Waals surface area contributed by atoms with E-state index in [-0.39, 0.29) is 11.1 Å². The van der Waals surface area contributed by atoms with Crippen LogP contribution in [-0.4, -0.2) is 31.2 Å². The number of hydrogen-bond donors (Lipinski definition) is 2. The van der Waals surface area contributed by atoms with E-state index in [0.717, 1.165) is 6.07 Å². The van der Waals surface area contributed by atoms with Gasteiger partial charge in [-0.3, -0.25) is 9.59 Å². The molecule has 2 N–H and O–H groups in total. The molecule has 0 aliphatic heterocycles. The fraction of sp³-hybridized carbons (Fsp3) is 0.263. The first-order chi connectivity index (χ1) is 12.8. The summed E-state index contributed by atoms with van der Waals surface area (Å²) in [4.78, 5) is 23.7. The molecule has 0 bridgehead atoms. The van der Waals surface area contributed by atoms with Gasteiger partial charge in [0.15, 0.2) is 11.5 Å². The minimum absolute atomic E-state index is 0.0173. The SMILES string of the molecule is COc1ccc(C(CC(=O)O)NC(=O)c2cccc(C(F)F)c2)cc1OC. The van der Waals surface area contributed by atoms with E-state index in [1.54, 1.807) is 18.2 Å². The van der Waals surface area contributed by atoms with Crippen molar-refractivity contribution >= 4 is 11.9 Å². The van der Waals surface area contributed by atoms with Crippen molar-refractivity contribution in [2.24, 2.45) is 0 Å². The third-order valence-electron chi connectivity index (χ3n) is 3.89. The van der Waals surface area contributed by atoms with Gasteiger partial charge in [0.25, 0.3) is 12.3 Å². The Morgan fingerprint density at radius 3 is 2.33 bits per heavy atom. The molecule has 1 unspecified atom stereocenters. The lowest BCUT2D eigenvalue weighted by Crippen LogP contribution is -2.30. The van der Waals surface area contributed by atoms with E-state index >= 15 is 0 Å². The average Bonchev–Trinajstić information content (AvgIpc) is 2.66. The molecule has 144 valence electrons. The average molecular weight is 379 g/mol. The number of nitrogens with one attached hydrogen (secondary N) is 1. The molecule has 6 nitrogen and oxygen atoms in total. The maximum absolute atomic E-state index is 12.8. The lowest BCUT2D eigenvalue weighted by molar-refractivity contribution is -0.137. The maximum atomic E-state index is 12.8. The molecular formula is C19H19F2NO5. The number of alkyl halides is 2. The fourth-order valence-electron chi connectivity index (χ4n) is 2.55. The zero-order valence-corrected chi connectivity index (χ0v) is 14.7. The first-order valence-corrected chi connectivity index (χ1v) is 7.98. The van der Waals surface area contributed by atoms with Crippen LogP contribution in [0, 0.1) is 0 Å². The maximum Gasteiger partial charge on any atom is 0.305 e. The molecule has 0 heterocycles. The van der Waals surface area contributed by atoms with Crippen LogP contribution in [0.3, 0.4) is 0 Å². The van der Waals surface area contributed by atoms with E-state index in [4.69, 9.17) is 14.6 Å². The van der Waals surface area contributed by atoms with Crippen molar-refractivity contribution in [2.75, 3.05) is 14.2 Å². The van der Waals surface area contributed by atoms with Crippen LogP contribution in [0.1, 0.15) is 40.4 Å². The van der Waals surface area contributed by atoms with Gasteiger partial charge in [0.05, 0.1) is 26.7 Å². The highest BCUT2D eigenvalue weighted by molar-refractivity contribution is 5.94. The molecule has 0 spiro atoms. The lowest BCUT2D eigenvalue weighted by Gasteiger charge is -2.19. The molecule has 0 fully saturated rings. The van der Waals surface area contributed by atoms with E-state index in [1.165, 1.54) is 32.4 Å². The lowest BCUT2D eigenvalue weighted by atomic mass is 10.0. The van der Waals surface area contributed by atoms with Crippen molar-refractivity contribution in [1.29, 1.82) is 0 Å². The smallest absolute Gasteiger partial charge is 0.305 e. The number of methoxy groups -OCH3 is 2. The van der Waals surface area contributed by atoms with E-state index in [0.29, 0.717) is 17.1 Å². The normalized spacial score (nSPS) is 11.7. The summed E-state index contributed by atoms with van der Waals surface area (Å²) < 4.78 is 36.0. The van der Waals surface area contributed by atoms with E-state index in [2.05, 4.69) is 5.32 Å². The Bertz CT molecular complexity index is 825. The molecule has 8 heteroatoms. The van der Waals surface area contributed by atoms with Crippen LogP contribution in [0.15, 0.2) is 42.5 Å². The highest BCUT2D eigenvalue weighted by atomic mass is 19.3. The molecule has 2 rings (SSSR count). The van der Waals surface area contributed by atoms with Crippen molar-refractivity contribution < 1.29 is 33.0 Å². The number of carboxylic acid groups (broad SMARTS) is 1. The Hall–Kier alpha value is -3.16. The van der Waals surface area contributed by atoms with Crippen LogP contribution < -0.4 is 14.8 Å². The van der Waals surface area contributed by atoms with Crippen LogP contribution in [0.25, 0.3) is 0 Å². The van der Waals surface area contributed by atoms with E-state index in [1.807, 2.05) is 0 Å². The largest absolute Gasteiger partial charge is 0.493 e. The zero-order chi connectivity index (χ0) is 20.0. The van der Waals surface area contributed by atoms with Gasteiger partial charge >= 0.3 is 5.97 Å². The quantitative estimate of drug-likeness (QED) is 0.732. The van der Waals surface area contributed by atoms with Crippen molar-refractivity contribution in [3.05, 3.63) is 59.2 Å². The third-order valence-corrected chi connectivity index (χ3v) is 3.89. The molecule has 27 heavy (non-hydrogen) atoms. The second-order valence-corrected chi connectivity index (χ2v) is 5.66. The van der Waals surface area contributed by atoms with Gasteiger partial charge in [-0.2, -0.15) is 0 Å². The van der Waals surface area contributed by atoms with Gasteiger partial charge in [-0.1, -0.05) is 18.2 Å². The van der Waals surface area contributed by atoms with Crippen molar-refractivity contribution in [3.8, 4) is 11.5 Å². The van der Waals surface area contributed by atoms with E-state index < -0.39 is 30.8 Å². The first-order valence-electron chi connectivity index (χ1n) is 7.98. The van der Waals surface area contributed by atoms with Crippen LogP contribution in [0.5, 0.6) is 11.5 Å². The molecule has 0 aromatic heterocycles. The third kappa shape index (κ3) is 5.16. The Labute approximate surface area is 154 Å². The fourth-order valence-corrected chi connectivity index (χ4v) is 2.55. The number of halogens is 2. The molecule has 2 aromatic rings. The topological polar surface area (TPSA) is 84.9 Å². The summed E-state index contributed by atoms with van der Waals surface area (Å²) >= 11 is 0.